The lowest BCUT2D eigenvalue weighted by Gasteiger charge is -2.22. The Morgan fingerprint density at radius 3 is 1.80 bits per heavy atom. The lowest BCUT2D eigenvalue weighted by molar-refractivity contribution is -0.306. The number of hydrogen-bond acceptors (Lipinski definition) is 6. The molecule has 0 atom stereocenters. The topological polar surface area (TPSA) is 118 Å². The summed E-state index contributed by atoms with van der Waals surface area (Å²) in [6.45, 7) is -0.709. The largest absolute Gasteiger partial charge is 0.550 e. The summed E-state index contributed by atoms with van der Waals surface area (Å²) in [5.41, 5.74) is 0. The molecule has 0 spiro atoms. The Labute approximate surface area is 116 Å². The van der Waals surface area contributed by atoms with Crippen molar-refractivity contribution in [3.8, 4) is 0 Å². The molecule has 7 nitrogen and oxygen atoms in total. The van der Waals surface area contributed by atoms with Crippen molar-refractivity contribution in [1.29, 1.82) is 0 Å². The molecule has 0 aromatic heterocycles. The smallest absolute Gasteiger partial charge is 0.243 e. The van der Waals surface area contributed by atoms with E-state index < -0.39 is 34.8 Å². The van der Waals surface area contributed by atoms with Crippen molar-refractivity contribution in [2.75, 3.05) is 13.1 Å². The van der Waals surface area contributed by atoms with Crippen molar-refractivity contribution < 1.29 is 28.2 Å². The summed E-state index contributed by atoms with van der Waals surface area (Å²) in [6.07, 6.45) is -1.03. The minimum atomic E-state index is -3.94. The molecule has 0 aliphatic heterocycles. The van der Waals surface area contributed by atoms with E-state index in [2.05, 4.69) is 0 Å². The molecule has 1 rings (SSSR count). The maximum Gasteiger partial charge on any atom is 0.243 e. The number of nitrogens with zero attached hydrogens (tertiary/aromatic N) is 1. The molecule has 110 valence electrons. The van der Waals surface area contributed by atoms with E-state index in [9.17, 15) is 28.2 Å². The van der Waals surface area contributed by atoms with E-state index >= 15 is 0 Å². The lowest BCUT2D eigenvalue weighted by Crippen LogP contribution is -2.38. The first-order valence-corrected chi connectivity index (χ1v) is 7.23. The molecule has 1 aromatic carbocycles. The van der Waals surface area contributed by atoms with E-state index in [1.807, 2.05) is 0 Å². The number of aliphatic carboxylic acids is 2. The molecule has 0 saturated heterocycles. The third-order valence-corrected chi connectivity index (χ3v) is 4.42. The molecule has 0 aliphatic carbocycles. The summed E-state index contributed by atoms with van der Waals surface area (Å²) in [5.74, 6) is -2.82. The van der Waals surface area contributed by atoms with Crippen LogP contribution in [0.1, 0.15) is 12.8 Å². The number of hydrogen-bond donors (Lipinski definition) is 0. The first-order chi connectivity index (χ1) is 9.34. The molecule has 0 amide bonds. The van der Waals surface area contributed by atoms with Crippen LogP contribution < -0.4 is 10.2 Å². The van der Waals surface area contributed by atoms with Gasteiger partial charge in [-0.1, -0.05) is 18.2 Å². The second kappa shape index (κ2) is 7.01. The standard InChI is InChI=1S/C12H15NO6S/c14-11(15)6-8-13(9-7-12(16)17)20(18,19)10-4-2-1-3-5-10/h1-5H,6-9H2,(H,14,15)(H,16,17)/p-2. The van der Waals surface area contributed by atoms with Crippen LogP contribution in [0.4, 0.5) is 0 Å². The summed E-state index contributed by atoms with van der Waals surface area (Å²) in [4.78, 5) is 20.9. The lowest BCUT2D eigenvalue weighted by atomic mass is 10.4. The normalized spacial score (nSPS) is 11.4. The zero-order valence-corrected chi connectivity index (χ0v) is 11.3. The number of benzene rings is 1. The summed E-state index contributed by atoms with van der Waals surface area (Å²) < 4.78 is 25.3. The summed E-state index contributed by atoms with van der Waals surface area (Å²) in [6, 6.07) is 7.36. The van der Waals surface area contributed by atoms with E-state index in [0.717, 1.165) is 4.31 Å². The molecular formula is C12H13NO6S-2. The van der Waals surface area contributed by atoms with Crippen LogP contribution in [0.3, 0.4) is 0 Å². The highest BCUT2D eigenvalue weighted by atomic mass is 32.2. The number of carboxylic acid groups (broad SMARTS) is 2. The highest BCUT2D eigenvalue weighted by molar-refractivity contribution is 7.89. The predicted molar refractivity (Wildman–Crippen MR) is 64.4 cm³/mol. The van der Waals surface area contributed by atoms with Crippen LogP contribution in [-0.2, 0) is 19.6 Å². The van der Waals surface area contributed by atoms with E-state index in [-0.39, 0.29) is 18.0 Å². The molecule has 0 fully saturated rings. The van der Waals surface area contributed by atoms with E-state index in [4.69, 9.17) is 0 Å². The van der Waals surface area contributed by atoms with Crippen molar-refractivity contribution in [2.45, 2.75) is 17.7 Å². The van der Waals surface area contributed by atoms with Crippen molar-refractivity contribution in [1.82, 2.24) is 4.31 Å². The molecule has 8 heteroatoms. The Morgan fingerprint density at radius 1 is 0.950 bits per heavy atom. The highest BCUT2D eigenvalue weighted by Gasteiger charge is 2.23. The maximum absolute atomic E-state index is 12.3. The van der Waals surface area contributed by atoms with Gasteiger partial charge in [0.1, 0.15) is 0 Å². The Hall–Kier alpha value is -1.93. The fraction of sp³-hybridized carbons (Fsp3) is 0.333. The van der Waals surface area contributed by atoms with Crippen LogP contribution >= 0.6 is 0 Å². The zero-order valence-electron chi connectivity index (χ0n) is 10.5. The minimum absolute atomic E-state index is 0.0308. The van der Waals surface area contributed by atoms with E-state index in [1.165, 1.54) is 24.3 Å². The molecule has 1 aromatic rings. The Balaban J connectivity index is 2.95. The van der Waals surface area contributed by atoms with Crippen molar-refractivity contribution >= 4 is 22.0 Å². The zero-order chi connectivity index (χ0) is 15.2. The molecule has 0 bridgehead atoms. The van der Waals surface area contributed by atoms with Crippen LogP contribution in [0.15, 0.2) is 35.2 Å². The number of rotatable bonds is 8. The average molecular weight is 299 g/mol. The second-order valence-electron chi connectivity index (χ2n) is 3.96. The van der Waals surface area contributed by atoms with Crippen LogP contribution in [0.5, 0.6) is 0 Å². The van der Waals surface area contributed by atoms with Crippen molar-refractivity contribution in [2.24, 2.45) is 0 Å². The van der Waals surface area contributed by atoms with Crippen LogP contribution in [0, 0.1) is 0 Å². The Kier molecular flexibility index (Phi) is 5.66. The minimum Gasteiger partial charge on any atom is -0.550 e. The second-order valence-corrected chi connectivity index (χ2v) is 5.90. The molecule has 0 saturated carbocycles. The van der Waals surface area contributed by atoms with Crippen LogP contribution in [-0.4, -0.2) is 37.8 Å². The fourth-order valence-electron chi connectivity index (χ4n) is 1.53. The molecule has 20 heavy (non-hydrogen) atoms. The van der Waals surface area contributed by atoms with Gasteiger partial charge in [0.05, 0.1) is 4.90 Å². The Bertz CT molecular complexity index is 551. The van der Waals surface area contributed by atoms with E-state index in [0.29, 0.717) is 0 Å². The quantitative estimate of drug-likeness (QED) is 0.545. The number of carbonyl (C=O) groups is 2. The third kappa shape index (κ3) is 4.63. The predicted octanol–water partition coefficient (Wildman–Crippen LogP) is -2.04. The number of carboxylic acids is 2. The molecule has 0 radical (unpaired) electrons. The van der Waals surface area contributed by atoms with Gasteiger partial charge in [-0.15, -0.1) is 0 Å². The van der Waals surface area contributed by atoms with Gasteiger partial charge in [-0.25, -0.2) is 8.42 Å². The van der Waals surface area contributed by atoms with Gasteiger partial charge in [0.15, 0.2) is 0 Å². The van der Waals surface area contributed by atoms with Gasteiger partial charge in [-0.3, -0.25) is 0 Å². The van der Waals surface area contributed by atoms with E-state index in [1.54, 1.807) is 6.07 Å². The first kappa shape index (κ1) is 16.1. The molecular weight excluding hydrogens is 286 g/mol. The average Bonchev–Trinajstić information content (AvgIpc) is 2.38. The fourth-order valence-corrected chi connectivity index (χ4v) is 2.99. The molecule has 0 aliphatic rings. The molecule has 0 heterocycles. The summed E-state index contributed by atoms with van der Waals surface area (Å²) in [5, 5.41) is 20.9. The van der Waals surface area contributed by atoms with Crippen molar-refractivity contribution in [3.63, 3.8) is 0 Å². The number of sulfonamides is 1. The van der Waals surface area contributed by atoms with Gasteiger partial charge in [0, 0.05) is 37.9 Å². The summed E-state index contributed by atoms with van der Waals surface area (Å²) in [7, 11) is -3.94. The summed E-state index contributed by atoms with van der Waals surface area (Å²) >= 11 is 0. The highest BCUT2D eigenvalue weighted by Crippen LogP contribution is 2.15. The molecule has 0 unspecified atom stereocenters. The first-order valence-electron chi connectivity index (χ1n) is 5.79. The third-order valence-electron chi connectivity index (χ3n) is 2.51. The van der Waals surface area contributed by atoms with Gasteiger partial charge in [-0.2, -0.15) is 4.31 Å². The monoisotopic (exact) mass is 299 g/mol. The van der Waals surface area contributed by atoms with Gasteiger partial charge >= 0.3 is 0 Å². The van der Waals surface area contributed by atoms with Gasteiger partial charge in [0.25, 0.3) is 0 Å². The maximum atomic E-state index is 12.3. The van der Waals surface area contributed by atoms with Crippen molar-refractivity contribution in [3.05, 3.63) is 30.3 Å². The Morgan fingerprint density at radius 2 is 1.40 bits per heavy atom. The van der Waals surface area contributed by atoms with Gasteiger partial charge in [-0.05, 0) is 12.1 Å². The van der Waals surface area contributed by atoms with Gasteiger partial charge in [0.2, 0.25) is 10.0 Å². The molecule has 0 N–H and O–H groups in total. The SMILES string of the molecule is O=C([O-])CCN(CCC(=O)[O-])S(=O)(=O)c1ccccc1. The number of carbonyl (C=O) groups excluding carboxylic acids is 2. The van der Waals surface area contributed by atoms with Crippen LogP contribution in [0.2, 0.25) is 0 Å². The van der Waals surface area contributed by atoms with Gasteiger partial charge < -0.3 is 19.8 Å². The van der Waals surface area contributed by atoms with Crippen LogP contribution in [0.25, 0.3) is 0 Å².